The largest absolute Gasteiger partial charge is 0.379 e. The number of carbonyl (C=O) groups is 2. The maximum absolute atomic E-state index is 12.6. The summed E-state index contributed by atoms with van der Waals surface area (Å²) in [6.07, 6.45) is 0.200. The molecule has 0 spiro atoms. The lowest BCUT2D eigenvalue weighted by atomic mass is 10.1. The molecule has 0 radical (unpaired) electrons. The van der Waals surface area contributed by atoms with Gasteiger partial charge < -0.3 is 15.4 Å². The molecule has 1 aromatic heterocycles. The average molecular weight is 482 g/mol. The molecule has 1 aliphatic rings. The first kappa shape index (κ1) is 23.9. The molecule has 3 aromatic rings. The third-order valence-corrected chi connectivity index (χ3v) is 5.80. The van der Waals surface area contributed by atoms with E-state index in [0.29, 0.717) is 17.4 Å². The highest BCUT2D eigenvalue weighted by Gasteiger charge is 2.15. The van der Waals surface area contributed by atoms with Crippen molar-refractivity contribution in [2.45, 2.75) is 12.8 Å². The van der Waals surface area contributed by atoms with E-state index in [4.69, 9.17) is 16.3 Å². The Morgan fingerprint density at radius 2 is 1.68 bits per heavy atom. The second kappa shape index (κ2) is 11.8. The lowest BCUT2D eigenvalue weighted by molar-refractivity contribution is -0.124. The SMILES string of the molecule is O=C(CCC(=O)Nc1cc(-c2ccccc2)nn1-c1ccc(Cl)cc1)NCCN1CCOCC1. The molecule has 2 N–H and O–H groups in total. The highest BCUT2D eigenvalue weighted by atomic mass is 35.5. The standard InChI is InChI=1S/C25H28ClN5O3/c26-20-6-8-21(9-7-20)31-23(18-22(29-31)19-4-2-1-3-5-19)28-25(33)11-10-24(32)27-12-13-30-14-16-34-17-15-30/h1-9,18H,10-17H2,(H,27,32)(H,28,33). The molecule has 2 aromatic carbocycles. The van der Waals surface area contributed by atoms with E-state index >= 15 is 0 Å². The van der Waals surface area contributed by atoms with Crippen LogP contribution in [0, 0.1) is 0 Å². The number of amides is 2. The second-order valence-corrected chi connectivity index (χ2v) is 8.46. The third-order valence-electron chi connectivity index (χ3n) is 5.55. The molecule has 1 saturated heterocycles. The van der Waals surface area contributed by atoms with Gasteiger partial charge in [0.25, 0.3) is 0 Å². The Balaban J connectivity index is 1.36. The number of halogens is 1. The Kier molecular flexibility index (Phi) is 8.30. The van der Waals surface area contributed by atoms with Gasteiger partial charge in [-0.05, 0) is 24.3 Å². The van der Waals surface area contributed by atoms with Crippen LogP contribution >= 0.6 is 11.6 Å². The smallest absolute Gasteiger partial charge is 0.226 e. The third kappa shape index (κ3) is 6.66. The Labute approximate surface area is 203 Å². The molecule has 2 amide bonds. The molecule has 34 heavy (non-hydrogen) atoms. The number of benzene rings is 2. The van der Waals surface area contributed by atoms with Crippen LogP contribution in [-0.2, 0) is 14.3 Å². The normalized spacial score (nSPS) is 14.0. The fraction of sp³-hybridized carbons (Fsp3) is 0.320. The Bertz CT molecular complexity index is 1100. The van der Waals surface area contributed by atoms with Crippen molar-refractivity contribution in [1.82, 2.24) is 20.0 Å². The maximum Gasteiger partial charge on any atom is 0.226 e. The molecule has 0 atom stereocenters. The van der Waals surface area contributed by atoms with Crippen LogP contribution in [-0.4, -0.2) is 65.9 Å². The van der Waals surface area contributed by atoms with Crippen LogP contribution in [0.15, 0.2) is 60.7 Å². The number of aromatic nitrogens is 2. The van der Waals surface area contributed by atoms with E-state index in [0.717, 1.165) is 49.8 Å². The van der Waals surface area contributed by atoms with Gasteiger partial charge >= 0.3 is 0 Å². The molecule has 178 valence electrons. The van der Waals surface area contributed by atoms with Crippen LogP contribution in [0.2, 0.25) is 5.02 Å². The van der Waals surface area contributed by atoms with Gasteiger partial charge in [-0.2, -0.15) is 5.10 Å². The molecule has 0 unspecified atom stereocenters. The summed E-state index contributed by atoms with van der Waals surface area (Å²) < 4.78 is 6.99. The van der Waals surface area contributed by atoms with Gasteiger partial charge in [-0.25, -0.2) is 4.68 Å². The first-order chi connectivity index (χ1) is 16.6. The molecular weight excluding hydrogens is 454 g/mol. The Hall–Kier alpha value is -3.20. The van der Waals surface area contributed by atoms with E-state index < -0.39 is 0 Å². The van der Waals surface area contributed by atoms with E-state index in [1.54, 1.807) is 16.8 Å². The fourth-order valence-corrected chi connectivity index (χ4v) is 3.82. The summed E-state index contributed by atoms with van der Waals surface area (Å²) in [5, 5.41) is 11.1. The summed E-state index contributed by atoms with van der Waals surface area (Å²) >= 11 is 6.03. The van der Waals surface area contributed by atoms with Crippen molar-refractivity contribution < 1.29 is 14.3 Å². The first-order valence-corrected chi connectivity index (χ1v) is 11.7. The van der Waals surface area contributed by atoms with Gasteiger partial charge in [0, 0.05) is 55.7 Å². The van der Waals surface area contributed by atoms with Gasteiger partial charge in [-0.3, -0.25) is 14.5 Å². The number of nitrogens with one attached hydrogen (secondary N) is 2. The summed E-state index contributed by atoms with van der Waals surface area (Å²) in [4.78, 5) is 27.1. The summed E-state index contributed by atoms with van der Waals surface area (Å²) in [5.74, 6) is 0.136. The maximum atomic E-state index is 12.6. The van der Waals surface area contributed by atoms with E-state index in [-0.39, 0.29) is 24.7 Å². The van der Waals surface area contributed by atoms with E-state index in [9.17, 15) is 9.59 Å². The fourth-order valence-electron chi connectivity index (χ4n) is 3.70. The lowest BCUT2D eigenvalue weighted by Crippen LogP contribution is -2.41. The molecule has 0 aliphatic carbocycles. The highest BCUT2D eigenvalue weighted by Crippen LogP contribution is 2.25. The summed E-state index contributed by atoms with van der Waals surface area (Å²) in [6, 6.07) is 18.8. The molecule has 2 heterocycles. The minimum Gasteiger partial charge on any atom is -0.379 e. The zero-order valence-electron chi connectivity index (χ0n) is 18.9. The van der Waals surface area contributed by atoms with Crippen LogP contribution in [0.4, 0.5) is 5.82 Å². The summed E-state index contributed by atoms with van der Waals surface area (Å²) in [5.41, 5.74) is 2.43. The molecule has 4 rings (SSSR count). The van der Waals surface area contributed by atoms with Gasteiger partial charge in [0.1, 0.15) is 5.82 Å². The van der Waals surface area contributed by atoms with Gasteiger partial charge in [-0.15, -0.1) is 0 Å². The van der Waals surface area contributed by atoms with Crippen LogP contribution in [0.1, 0.15) is 12.8 Å². The quantitative estimate of drug-likeness (QED) is 0.489. The van der Waals surface area contributed by atoms with Crippen molar-refractivity contribution in [3.8, 4) is 16.9 Å². The number of rotatable bonds is 9. The summed E-state index contributed by atoms with van der Waals surface area (Å²) in [6.45, 7) is 4.56. The van der Waals surface area contributed by atoms with Crippen LogP contribution in [0.25, 0.3) is 16.9 Å². The predicted molar refractivity (Wildman–Crippen MR) is 132 cm³/mol. The van der Waals surface area contributed by atoms with Crippen molar-refractivity contribution in [1.29, 1.82) is 0 Å². The van der Waals surface area contributed by atoms with Crippen molar-refractivity contribution in [3.05, 3.63) is 65.7 Å². The highest BCUT2D eigenvalue weighted by molar-refractivity contribution is 6.30. The number of hydrogen-bond donors (Lipinski definition) is 2. The molecule has 8 nitrogen and oxygen atoms in total. The van der Waals surface area contributed by atoms with Gasteiger partial charge in [-0.1, -0.05) is 41.9 Å². The molecule has 0 saturated carbocycles. The number of hydrogen-bond acceptors (Lipinski definition) is 5. The topological polar surface area (TPSA) is 88.5 Å². The van der Waals surface area contributed by atoms with Gasteiger partial charge in [0.15, 0.2) is 0 Å². The number of anilines is 1. The van der Waals surface area contributed by atoms with Crippen molar-refractivity contribution in [2.24, 2.45) is 0 Å². The minimum atomic E-state index is -0.252. The minimum absolute atomic E-state index is 0.0792. The van der Waals surface area contributed by atoms with Crippen LogP contribution < -0.4 is 10.6 Å². The zero-order chi connectivity index (χ0) is 23.8. The number of ether oxygens (including phenoxy) is 1. The number of morpholine rings is 1. The van der Waals surface area contributed by atoms with Crippen molar-refractivity contribution in [3.63, 3.8) is 0 Å². The predicted octanol–water partition coefficient (Wildman–Crippen LogP) is 3.36. The van der Waals surface area contributed by atoms with E-state index in [1.807, 2.05) is 48.5 Å². The second-order valence-electron chi connectivity index (χ2n) is 8.02. The lowest BCUT2D eigenvalue weighted by Gasteiger charge is -2.26. The van der Waals surface area contributed by atoms with E-state index in [2.05, 4.69) is 20.6 Å². The zero-order valence-corrected chi connectivity index (χ0v) is 19.6. The molecule has 0 bridgehead atoms. The number of nitrogens with zero attached hydrogens (tertiary/aromatic N) is 3. The van der Waals surface area contributed by atoms with Crippen molar-refractivity contribution >= 4 is 29.2 Å². The number of carbonyl (C=O) groups excluding carboxylic acids is 2. The van der Waals surface area contributed by atoms with E-state index in [1.165, 1.54) is 0 Å². The average Bonchev–Trinajstić information content (AvgIpc) is 3.28. The Morgan fingerprint density at radius 1 is 0.971 bits per heavy atom. The molecular formula is C25H28ClN5O3. The van der Waals surface area contributed by atoms with Crippen LogP contribution in [0.5, 0.6) is 0 Å². The molecule has 1 aliphatic heterocycles. The molecule has 9 heteroatoms. The van der Waals surface area contributed by atoms with Gasteiger partial charge in [0.2, 0.25) is 11.8 Å². The summed E-state index contributed by atoms with van der Waals surface area (Å²) in [7, 11) is 0. The van der Waals surface area contributed by atoms with Gasteiger partial charge in [0.05, 0.1) is 24.6 Å². The van der Waals surface area contributed by atoms with Crippen molar-refractivity contribution in [2.75, 3.05) is 44.7 Å². The first-order valence-electron chi connectivity index (χ1n) is 11.4. The monoisotopic (exact) mass is 481 g/mol. The molecule has 1 fully saturated rings. The van der Waals surface area contributed by atoms with Crippen LogP contribution in [0.3, 0.4) is 0 Å². The Morgan fingerprint density at radius 3 is 2.41 bits per heavy atom.